The number of rotatable bonds is 4. The SMILES string of the molecule is COCC(=CC1CCCC1)C(=O)OC. The van der Waals surface area contributed by atoms with Crippen LogP contribution in [0.1, 0.15) is 25.7 Å². The van der Waals surface area contributed by atoms with Crippen LogP contribution < -0.4 is 0 Å². The molecule has 3 heteroatoms. The van der Waals surface area contributed by atoms with Gasteiger partial charge >= 0.3 is 5.97 Å². The highest BCUT2D eigenvalue weighted by Gasteiger charge is 2.16. The number of carbonyl (C=O) groups is 1. The van der Waals surface area contributed by atoms with Crippen molar-refractivity contribution in [2.75, 3.05) is 20.8 Å². The molecule has 0 aromatic carbocycles. The highest BCUT2D eigenvalue weighted by molar-refractivity contribution is 5.88. The van der Waals surface area contributed by atoms with E-state index in [9.17, 15) is 4.79 Å². The highest BCUT2D eigenvalue weighted by Crippen LogP contribution is 2.26. The Labute approximate surface area is 85.1 Å². The molecule has 1 fully saturated rings. The first-order valence-corrected chi connectivity index (χ1v) is 5.06. The van der Waals surface area contributed by atoms with Gasteiger partial charge in [-0.2, -0.15) is 0 Å². The smallest absolute Gasteiger partial charge is 0.335 e. The van der Waals surface area contributed by atoms with Gasteiger partial charge in [0, 0.05) is 7.11 Å². The summed E-state index contributed by atoms with van der Waals surface area (Å²) < 4.78 is 9.66. The molecule has 80 valence electrons. The standard InChI is InChI=1S/C11H18O3/c1-13-8-10(11(12)14-2)7-9-5-3-4-6-9/h7,9H,3-6,8H2,1-2H3. The molecule has 0 bridgehead atoms. The Bertz CT molecular complexity index is 215. The quantitative estimate of drug-likeness (QED) is 0.511. The Kier molecular flexibility index (Phi) is 4.66. The molecule has 1 aliphatic rings. The Hall–Kier alpha value is -0.830. The molecule has 0 heterocycles. The van der Waals surface area contributed by atoms with Crippen LogP contribution in [0, 0.1) is 5.92 Å². The van der Waals surface area contributed by atoms with Crippen molar-refractivity contribution in [2.45, 2.75) is 25.7 Å². The molecular weight excluding hydrogens is 180 g/mol. The number of ether oxygens (including phenoxy) is 2. The first kappa shape index (κ1) is 11.2. The van der Waals surface area contributed by atoms with Crippen molar-refractivity contribution in [3.8, 4) is 0 Å². The fraction of sp³-hybridized carbons (Fsp3) is 0.727. The molecule has 0 aliphatic heterocycles. The summed E-state index contributed by atoms with van der Waals surface area (Å²) in [5.74, 6) is 0.276. The minimum Gasteiger partial charge on any atom is -0.466 e. The van der Waals surface area contributed by atoms with E-state index in [2.05, 4.69) is 4.74 Å². The van der Waals surface area contributed by atoms with E-state index in [-0.39, 0.29) is 5.97 Å². The molecule has 0 atom stereocenters. The average Bonchev–Trinajstić information content (AvgIpc) is 2.68. The average molecular weight is 198 g/mol. The number of esters is 1. The molecule has 1 aliphatic carbocycles. The molecule has 3 nitrogen and oxygen atoms in total. The number of allylic oxidation sites excluding steroid dienone is 1. The number of methoxy groups -OCH3 is 2. The van der Waals surface area contributed by atoms with E-state index < -0.39 is 0 Å². The minimum absolute atomic E-state index is 0.265. The lowest BCUT2D eigenvalue weighted by Crippen LogP contribution is -2.11. The summed E-state index contributed by atoms with van der Waals surface area (Å²) in [7, 11) is 2.99. The van der Waals surface area contributed by atoms with Crippen LogP contribution in [-0.2, 0) is 14.3 Å². The van der Waals surface area contributed by atoms with Gasteiger partial charge in [0.1, 0.15) is 0 Å². The lowest BCUT2D eigenvalue weighted by atomic mass is 10.0. The summed E-state index contributed by atoms with van der Waals surface area (Å²) in [6, 6.07) is 0. The van der Waals surface area contributed by atoms with Gasteiger partial charge < -0.3 is 9.47 Å². The van der Waals surface area contributed by atoms with E-state index in [1.54, 1.807) is 7.11 Å². The van der Waals surface area contributed by atoms with Gasteiger partial charge in [0.15, 0.2) is 0 Å². The molecule has 14 heavy (non-hydrogen) atoms. The predicted molar refractivity (Wildman–Crippen MR) is 53.9 cm³/mol. The summed E-state index contributed by atoms with van der Waals surface area (Å²) >= 11 is 0. The number of hydrogen-bond acceptors (Lipinski definition) is 3. The Morgan fingerprint density at radius 2 is 2.00 bits per heavy atom. The molecule has 0 amide bonds. The van der Waals surface area contributed by atoms with Crippen LogP contribution in [0.3, 0.4) is 0 Å². The monoisotopic (exact) mass is 198 g/mol. The van der Waals surface area contributed by atoms with E-state index in [0.29, 0.717) is 18.1 Å². The summed E-state index contributed by atoms with van der Waals surface area (Å²) in [5.41, 5.74) is 0.655. The predicted octanol–water partition coefficient (Wildman–Crippen LogP) is 1.92. The van der Waals surface area contributed by atoms with Gasteiger partial charge in [0.25, 0.3) is 0 Å². The maximum atomic E-state index is 11.3. The third kappa shape index (κ3) is 3.14. The van der Waals surface area contributed by atoms with Gasteiger partial charge in [-0.3, -0.25) is 0 Å². The maximum absolute atomic E-state index is 11.3. The van der Waals surface area contributed by atoms with Crippen molar-refractivity contribution >= 4 is 5.97 Å². The van der Waals surface area contributed by atoms with E-state index >= 15 is 0 Å². The van der Waals surface area contributed by atoms with Crippen molar-refractivity contribution in [1.29, 1.82) is 0 Å². The van der Waals surface area contributed by atoms with Gasteiger partial charge in [0.2, 0.25) is 0 Å². The maximum Gasteiger partial charge on any atom is 0.335 e. The Morgan fingerprint density at radius 1 is 1.36 bits per heavy atom. The first-order chi connectivity index (χ1) is 6.77. The molecule has 0 unspecified atom stereocenters. The van der Waals surface area contributed by atoms with Gasteiger partial charge in [-0.25, -0.2) is 4.79 Å². The van der Waals surface area contributed by atoms with Crippen LogP contribution in [0.25, 0.3) is 0 Å². The van der Waals surface area contributed by atoms with E-state index in [0.717, 1.165) is 0 Å². The fourth-order valence-corrected chi connectivity index (χ4v) is 1.87. The van der Waals surface area contributed by atoms with E-state index in [1.807, 2.05) is 6.08 Å². The zero-order valence-corrected chi connectivity index (χ0v) is 8.91. The molecule has 1 rings (SSSR count). The third-order valence-electron chi connectivity index (χ3n) is 2.58. The summed E-state index contributed by atoms with van der Waals surface area (Å²) in [6.07, 6.45) is 6.92. The Morgan fingerprint density at radius 3 is 2.50 bits per heavy atom. The molecule has 0 spiro atoms. The van der Waals surface area contributed by atoms with Gasteiger partial charge in [-0.15, -0.1) is 0 Å². The molecule has 0 N–H and O–H groups in total. The minimum atomic E-state index is -0.265. The van der Waals surface area contributed by atoms with Crippen LogP contribution in [0.5, 0.6) is 0 Å². The molecule has 0 saturated heterocycles. The molecule has 0 radical (unpaired) electrons. The van der Waals surface area contributed by atoms with Crippen molar-refractivity contribution in [3.63, 3.8) is 0 Å². The molecule has 1 saturated carbocycles. The largest absolute Gasteiger partial charge is 0.466 e. The second-order valence-electron chi connectivity index (χ2n) is 3.66. The van der Waals surface area contributed by atoms with Crippen LogP contribution >= 0.6 is 0 Å². The topological polar surface area (TPSA) is 35.5 Å². The normalized spacial score (nSPS) is 18.6. The van der Waals surface area contributed by atoms with Crippen molar-refractivity contribution in [3.05, 3.63) is 11.6 Å². The van der Waals surface area contributed by atoms with Crippen molar-refractivity contribution in [1.82, 2.24) is 0 Å². The van der Waals surface area contributed by atoms with E-state index in [4.69, 9.17) is 4.74 Å². The highest BCUT2D eigenvalue weighted by atomic mass is 16.5. The molecule has 0 aromatic heterocycles. The second kappa shape index (κ2) is 5.81. The zero-order valence-electron chi connectivity index (χ0n) is 8.91. The molecule has 0 aromatic rings. The van der Waals surface area contributed by atoms with Crippen LogP contribution in [-0.4, -0.2) is 26.8 Å². The second-order valence-corrected chi connectivity index (χ2v) is 3.66. The summed E-state index contributed by atoms with van der Waals surface area (Å²) in [5, 5.41) is 0. The number of carbonyl (C=O) groups excluding carboxylic acids is 1. The van der Waals surface area contributed by atoms with Gasteiger partial charge in [0.05, 0.1) is 19.3 Å². The van der Waals surface area contributed by atoms with Crippen LogP contribution in [0.15, 0.2) is 11.6 Å². The van der Waals surface area contributed by atoms with E-state index in [1.165, 1.54) is 32.8 Å². The fourth-order valence-electron chi connectivity index (χ4n) is 1.87. The first-order valence-electron chi connectivity index (χ1n) is 5.06. The van der Waals surface area contributed by atoms with Gasteiger partial charge in [-0.05, 0) is 18.8 Å². The molecular formula is C11H18O3. The lowest BCUT2D eigenvalue weighted by Gasteiger charge is -2.07. The Balaban J connectivity index is 2.59. The van der Waals surface area contributed by atoms with Crippen LogP contribution in [0.4, 0.5) is 0 Å². The third-order valence-corrected chi connectivity index (χ3v) is 2.58. The van der Waals surface area contributed by atoms with Gasteiger partial charge in [-0.1, -0.05) is 18.9 Å². The zero-order chi connectivity index (χ0) is 10.4. The summed E-state index contributed by atoms with van der Waals surface area (Å²) in [6.45, 7) is 0.350. The van der Waals surface area contributed by atoms with Crippen molar-refractivity contribution in [2.24, 2.45) is 5.92 Å². The summed E-state index contributed by atoms with van der Waals surface area (Å²) in [4.78, 5) is 11.3. The van der Waals surface area contributed by atoms with Crippen LogP contribution in [0.2, 0.25) is 0 Å². The lowest BCUT2D eigenvalue weighted by molar-refractivity contribution is -0.136. The number of hydrogen-bond donors (Lipinski definition) is 0. The van der Waals surface area contributed by atoms with Crippen molar-refractivity contribution < 1.29 is 14.3 Å².